The molecule has 10 heteroatoms. The lowest BCUT2D eigenvalue weighted by atomic mass is 10.2. The first-order chi connectivity index (χ1) is 12.2. The van der Waals surface area contributed by atoms with Gasteiger partial charge in [0.05, 0.1) is 27.6 Å². The lowest BCUT2D eigenvalue weighted by Crippen LogP contribution is -2.36. The molecule has 0 saturated carbocycles. The minimum atomic E-state index is -4.32. The molecular formula is C16H15ClN2O6S. The molecule has 0 spiro atoms. The smallest absolute Gasteiger partial charge is 0.326 e. The highest BCUT2D eigenvalue weighted by atomic mass is 35.5. The second kappa shape index (κ2) is 7.71. The first-order valence-corrected chi connectivity index (χ1v) is 9.09. The van der Waals surface area contributed by atoms with Crippen molar-refractivity contribution in [3.8, 4) is 0 Å². The van der Waals surface area contributed by atoms with Crippen LogP contribution in [0.2, 0.25) is 5.02 Å². The second-order valence-corrected chi connectivity index (χ2v) is 7.48. The minimum Gasteiger partial charge on any atom is -0.468 e. The molecule has 0 N–H and O–H groups in total. The number of carbonyl (C=O) groups excluding carboxylic acids is 1. The van der Waals surface area contributed by atoms with Crippen LogP contribution in [0.15, 0.2) is 47.4 Å². The largest absolute Gasteiger partial charge is 0.468 e. The van der Waals surface area contributed by atoms with Gasteiger partial charge in [0, 0.05) is 12.1 Å². The fraction of sp³-hybridized carbons (Fsp3) is 0.188. The molecule has 0 aliphatic heterocycles. The molecule has 0 bridgehead atoms. The predicted molar refractivity (Wildman–Crippen MR) is 95.8 cm³/mol. The Bertz CT molecular complexity index is 961. The zero-order chi connectivity index (χ0) is 19.5. The summed E-state index contributed by atoms with van der Waals surface area (Å²) in [5, 5.41) is 11.1. The third-order valence-corrected chi connectivity index (χ3v) is 5.79. The van der Waals surface area contributed by atoms with Crippen molar-refractivity contribution in [2.24, 2.45) is 0 Å². The summed E-state index contributed by atoms with van der Waals surface area (Å²) < 4.78 is 31.7. The highest BCUT2D eigenvalue weighted by Crippen LogP contribution is 2.32. The number of anilines is 1. The van der Waals surface area contributed by atoms with Crippen LogP contribution >= 0.6 is 11.6 Å². The number of ether oxygens (including phenoxy) is 1. The van der Waals surface area contributed by atoms with Crippen LogP contribution in [0, 0.1) is 17.0 Å². The number of para-hydroxylation sites is 1. The van der Waals surface area contributed by atoms with E-state index in [0.29, 0.717) is 0 Å². The highest BCUT2D eigenvalue weighted by Gasteiger charge is 2.31. The number of benzene rings is 2. The quantitative estimate of drug-likeness (QED) is 0.420. The SMILES string of the molecule is COC(=O)CN(c1ccccc1Cl)S(=O)(=O)c1cc([N+](=O)[O-])ccc1C. The molecule has 0 heterocycles. The van der Waals surface area contributed by atoms with E-state index < -0.39 is 27.5 Å². The molecule has 2 rings (SSSR count). The molecule has 0 aliphatic rings. The van der Waals surface area contributed by atoms with Crippen LogP contribution in [-0.4, -0.2) is 33.0 Å². The van der Waals surface area contributed by atoms with Gasteiger partial charge in [0.15, 0.2) is 0 Å². The third-order valence-electron chi connectivity index (χ3n) is 3.57. The topological polar surface area (TPSA) is 107 Å². The summed E-state index contributed by atoms with van der Waals surface area (Å²) in [6.07, 6.45) is 0. The normalized spacial score (nSPS) is 11.0. The van der Waals surface area contributed by atoms with Crippen LogP contribution in [0.5, 0.6) is 0 Å². The summed E-state index contributed by atoms with van der Waals surface area (Å²) >= 11 is 6.09. The molecule has 2 aromatic rings. The maximum absolute atomic E-state index is 13.2. The summed E-state index contributed by atoms with van der Waals surface area (Å²) in [5.74, 6) is -0.809. The number of rotatable bonds is 6. The fourth-order valence-corrected chi connectivity index (χ4v) is 4.20. The lowest BCUT2D eigenvalue weighted by molar-refractivity contribution is -0.385. The fourth-order valence-electron chi connectivity index (χ4n) is 2.23. The van der Waals surface area contributed by atoms with Gasteiger partial charge in [0.2, 0.25) is 0 Å². The first-order valence-electron chi connectivity index (χ1n) is 7.27. The maximum atomic E-state index is 13.2. The van der Waals surface area contributed by atoms with E-state index in [1.807, 2.05) is 0 Å². The molecule has 138 valence electrons. The number of carbonyl (C=O) groups is 1. The molecule has 0 atom stereocenters. The van der Waals surface area contributed by atoms with Crippen LogP contribution in [0.1, 0.15) is 5.56 Å². The van der Waals surface area contributed by atoms with Gasteiger partial charge in [0.1, 0.15) is 6.54 Å². The van der Waals surface area contributed by atoms with Gasteiger partial charge in [-0.3, -0.25) is 19.2 Å². The highest BCUT2D eigenvalue weighted by molar-refractivity contribution is 7.93. The molecule has 0 aliphatic carbocycles. The monoisotopic (exact) mass is 398 g/mol. The summed E-state index contributed by atoms with van der Waals surface area (Å²) in [5.41, 5.74) is -0.0330. The molecule has 0 saturated heterocycles. The number of esters is 1. The first kappa shape index (κ1) is 19.7. The molecule has 0 fully saturated rings. The third kappa shape index (κ3) is 3.94. The van der Waals surface area contributed by atoms with Crippen molar-refractivity contribution in [3.05, 3.63) is 63.2 Å². The van der Waals surface area contributed by atoms with Gasteiger partial charge in [-0.15, -0.1) is 0 Å². The van der Waals surface area contributed by atoms with E-state index in [4.69, 9.17) is 11.6 Å². The van der Waals surface area contributed by atoms with E-state index in [1.165, 1.54) is 31.2 Å². The van der Waals surface area contributed by atoms with Gasteiger partial charge in [-0.25, -0.2) is 8.42 Å². The Morgan fingerprint density at radius 1 is 1.27 bits per heavy atom. The number of methoxy groups -OCH3 is 1. The van der Waals surface area contributed by atoms with Gasteiger partial charge < -0.3 is 4.74 Å². The van der Waals surface area contributed by atoms with Crippen LogP contribution in [-0.2, 0) is 19.6 Å². The van der Waals surface area contributed by atoms with Crippen molar-refractivity contribution in [1.82, 2.24) is 0 Å². The van der Waals surface area contributed by atoms with E-state index in [2.05, 4.69) is 4.74 Å². The van der Waals surface area contributed by atoms with Crippen LogP contribution in [0.4, 0.5) is 11.4 Å². The number of non-ortho nitro benzene ring substituents is 1. The Morgan fingerprint density at radius 2 is 1.92 bits per heavy atom. The van der Waals surface area contributed by atoms with E-state index in [0.717, 1.165) is 17.5 Å². The van der Waals surface area contributed by atoms with Crippen molar-refractivity contribution < 1.29 is 22.9 Å². The molecule has 8 nitrogen and oxygen atoms in total. The van der Waals surface area contributed by atoms with Gasteiger partial charge in [-0.1, -0.05) is 29.8 Å². The van der Waals surface area contributed by atoms with Gasteiger partial charge >= 0.3 is 5.97 Å². The maximum Gasteiger partial charge on any atom is 0.326 e. The standard InChI is InChI=1S/C16H15ClN2O6S/c1-11-7-8-12(19(21)22)9-15(11)26(23,24)18(10-16(20)25-2)14-6-4-3-5-13(14)17/h3-9H,10H2,1-2H3. The Morgan fingerprint density at radius 3 is 2.50 bits per heavy atom. The zero-order valence-corrected chi connectivity index (χ0v) is 15.5. The molecule has 2 aromatic carbocycles. The molecule has 0 aromatic heterocycles. The predicted octanol–water partition coefficient (Wildman–Crippen LogP) is 2.92. The number of sulfonamides is 1. The van der Waals surface area contributed by atoms with Crippen molar-refractivity contribution >= 4 is 39.0 Å². The van der Waals surface area contributed by atoms with Crippen molar-refractivity contribution in [3.63, 3.8) is 0 Å². The number of hydrogen-bond acceptors (Lipinski definition) is 6. The average molecular weight is 399 g/mol. The number of aryl methyl sites for hydroxylation is 1. The van der Waals surface area contributed by atoms with E-state index >= 15 is 0 Å². The number of nitro groups is 1. The Labute approximate surface area is 155 Å². The van der Waals surface area contributed by atoms with Crippen molar-refractivity contribution in [2.75, 3.05) is 18.0 Å². The minimum absolute atomic E-state index is 0.0606. The van der Waals surface area contributed by atoms with E-state index in [-0.39, 0.29) is 26.9 Å². The number of halogens is 1. The Kier molecular flexibility index (Phi) is 5.83. The van der Waals surface area contributed by atoms with Crippen LogP contribution in [0.25, 0.3) is 0 Å². The summed E-state index contributed by atoms with van der Waals surface area (Å²) in [6.45, 7) is 0.865. The number of hydrogen-bond donors (Lipinski definition) is 0. The van der Waals surface area contributed by atoms with E-state index in [1.54, 1.807) is 12.1 Å². The Balaban J connectivity index is 2.67. The molecule has 0 unspecified atom stereocenters. The van der Waals surface area contributed by atoms with Gasteiger partial charge in [0.25, 0.3) is 15.7 Å². The van der Waals surface area contributed by atoms with Crippen LogP contribution < -0.4 is 4.31 Å². The number of nitro benzene ring substituents is 1. The molecule has 0 amide bonds. The number of nitrogens with zero attached hydrogens (tertiary/aromatic N) is 2. The summed E-state index contributed by atoms with van der Waals surface area (Å²) in [7, 11) is -3.20. The summed E-state index contributed by atoms with van der Waals surface area (Å²) in [4.78, 5) is 21.8. The molecule has 0 radical (unpaired) electrons. The van der Waals surface area contributed by atoms with Crippen molar-refractivity contribution in [2.45, 2.75) is 11.8 Å². The van der Waals surface area contributed by atoms with Gasteiger partial charge in [-0.05, 0) is 24.6 Å². The Hall–Kier alpha value is -2.65. The molecule has 26 heavy (non-hydrogen) atoms. The van der Waals surface area contributed by atoms with Gasteiger partial charge in [-0.2, -0.15) is 0 Å². The lowest BCUT2D eigenvalue weighted by Gasteiger charge is -2.25. The summed E-state index contributed by atoms with van der Waals surface area (Å²) in [6, 6.07) is 9.54. The van der Waals surface area contributed by atoms with Crippen molar-refractivity contribution in [1.29, 1.82) is 0 Å². The zero-order valence-electron chi connectivity index (χ0n) is 13.9. The second-order valence-electron chi connectivity index (χ2n) is 5.25. The average Bonchev–Trinajstić information content (AvgIpc) is 2.60. The molecular weight excluding hydrogens is 384 g/mol. The van der Waals surface area contributed by atoms with E-state index in [9.17, 15) is 23.3 Å². The van der Waals surface area contributed by atoms with Crippen LogP contribution in [0.3, 0.4) is 0 Å².